The van der Waals surface area contributed by atoms with Crippen LogP contribution in [0.3, 0.4) is 0 Å². The van der Waals surface area contributed by atoms with Crippen LogP contribution >= 0.6 is 11.3 Å². The SMILES string of the molecule is CC(O)c1csc(NC(=O)CS(C)(=O)=O)n1. The summed E-state index contributed by atoms with van der Waals surface area (Å²) >= 11 is 1.13. The third-order valence-corrected chi connectivity index (χ3v) is 3.15. The van der Waals surface area contributed by atoms with Gasteiger partial charge in [-0.1, -0.05) is 0 Å². The Morgan fingerprint density at radius 2 is 2.31 bits per heavy atom. The van der Waals surface area contributed by atoms with Crippen LogP contribution in [0.4, 0.5) is 5.13 Å². The van der Waals surface area contributed by atoms with E-state index in [1.54, 1.807) is 12.3 Å². The molecule has 16 heavy (non-hydrogen) atoms. The second-order valence-corrected chi connectivity index (χ2v) is 6.37. The second-order valence-electron chi connectivity index (χ2n) is 3.37. The van der Waals surface area contributed by atoms with E-state index in [2.05, 4.69) is 10.3 Å². The molecule has 0 radical (unpaired) electrons. The Morgan fingerprint density at radius 3 is 2.75 bits per heavy atom. The minimum Gasteiger partial charge on any atom is -0.387 e. The summed E-state index contributed by atoms with van der Waals surface area (Å²) in [5, 5.41) is 13.4. The van der Waals surface area contributed by atoms with Gasteiger partial charge in [-0.2, -0.15) is 0 Å². The molecular formula is C8H12N2O4S2. The highest BCUT2D eigenvalue weighted by Gasteiger charge is 2.13. The first-order valence-corrected chi connectivity index (χ1v) is 7.33. The standard InChI is InChI=1S/C8H12N2O4S2/c1-5(11)6-3-15-8(9-6)10-7(12)4-16(2,13)14/h3,5,11H,4H2,1-2H3,(H,9,10,12). The van der Waals surface area contributed by atoms with Crippen molar-refractivity contribution >= 4 is 32.2 Å². The van der Waals surface area contributed by atoms with Crippen molar-refractivity contribution in [3.63, 3.8) is 0 Å². The largest absolute Gasteiger partial charge is 0.387 e. The monoisotopic (exact) mass is 264 g/mol. The molecule has 0 aliphatic carbocycles. The fourth-order valence-electron chi connectivity index (χ4n) is 0.929. The lowest BCUT2D eigenvalue weighted by molar-refractivity contribution is -0.113. The summed E-state index contributed by atoms with van der Waals surface area (Å²) in [5.74, 6) is -1.20. The van der Waals surface area contributed by atoms with Crippen LogP contribution in [0.25, 0.3) is 0 Å². The van der Waals surface area contributed by atoms with E-state index in [1.807, 2.05) is 0 Å². The molecule has 90 valence electrons. The summed E-state index contributed by atoms with van der Waals surface area (Å²) in [4.78, 5) is 15.1. The Morgan fingerprint density at radius 1 is 1.69 bits per heavy atom. The topological polar surface area (TPSA) is 96.4 Å². The molecule has 0 aliphatic rings. The molecule has 1 atom stereocenters. The molecule has 0 spiro atoms. The molecule has 0 saturated carbocycles. The lowest BCUT2D eigenvalue weighted by Gasteiger charge is -2.00. The van der Waals surface area contributed by atoms with E-state index in [9.17, 15) is 18.3 Å². The maximum Gasteiger partial charge on any atom is 0.241 e. The quantitative estimate of drug-likeness (QED) is 0.808. The molecule has 1 aromatic rings. The Labute approximate surface area is 97.2 Å². The molecular weight excluding hydrogens is 252 g/mol. The molecule has 0 saturated heterocycles. The van der Waals surface area contributed by atoms with Crippen LogP contribution in [0.5, 0.6) is 0 Å². The number of hydrogen-bond acceptors (Lipinski definition) is 6. The second kappa shape index (κ2) is 4.89. The van der Waals surface area contributed by atoms with Gasteiger partial charge in [0, 0.05) is 11.6 Å². The van der Waals surface area contributed by atoms with E-state index in [0.29, 0.717) is 5.69 Å². The van der Waals surface area contributed by atoms with Crippen molar-refractivity contribution in [1.82, 2.24) is 4.98 Å². The number of amides is 1. The number of anilines is 1. The Bertz CT molecular complexity index is 478. The molecule has 1 aromatic heterocycles. The van der Waals surface area contributed by atoms with Crippen molar-refractivity contribution in [3.8, 4) is 0 Å². The fraction of sp³-hybridized carbons (Fsp3) is 0.500. The summed E-state index contributed by atoms with van der Waals surface area (Å²) in [5.41, 5.74) is 0.444. The molecule has 0 fully saturated rings. The number of hydrogen-bond donors (Lipinski definition) is 2. The maximum atomic E-state index is 11.2. The molecule has 1 unspecified atom stereocenters. The zero-order chi connectivity index (χ0) is 12.3. The van der Waals surface area contributed by atoms with Crippen molar-refractivity contribution in [2.45, 2.75) is 13.0 Å². The highest BCUT2D eigenvalue weighted by Crippen LogP contribution is 2.20. The molecule has 0 bridgehead atoms. The van der Waals surface area contributed by atoms with Gasteiger partial charge >= 0.3 is 0 Å². The number of rotatable bonds is 4. The summed E-state index contributed by atoms with van der Waals surface area (Å²) in [6.07, 6.45) is 0.271. The van der Waals surface area contributed by atoms with Gasteiger partial charge in [0.25, 0.3) is 0 Å². The van der Waals surface area contributed by atoms with E-state index >= 15 is 0 Å². The first-order chi connectivity index (χ1) is 7.28. The third-order valence-electron chi connectivity index (χ3n) is 1.59. The number of carbonyl (C=O) groups is 1. The lowest BCUT2D eigenvalue weighted by atomic mass is 10.3. The van der Waals surface area contributed by atoms with Gasteiger partial charge in [0.05, 0.1) is 11.8 Å². The average molecular weight is 264 g/mol. The molecule has 2 N–H and O–H groups in total. The molecule has 8 heteroatoms. The van der Waals surface area contributed by atoms with Crippen LogP contribution in [0, 0.1) is 0 Å². The molecule has 6 nitrogen and oxygen atoms in total. The molecule has 0 aliphatic heterocycles. The summed E-state index contributed by atoms with van der Waals surface area (Å²) in [6.45, 7) is 1.55. The summed E-state index contributed by atoms with van der Waals surface area (Å²) < 4.78 is 21.7. The van der Waals surface area contributed by atoms with Crippen LogP contribution in [0.2, 0.25) is 0 Å². The number of aliphatic hydroxyl groups excluding tert-OH is 1. The van der Waals surface area contributed by atoms with Crippen molar-refractivity contribution in [3.05, 3.63) is 11.1 Å². The predicted octanol–water partition coefficient (Wildman–Crippen LogP) is 0.180. The van der Waals surface area contributed by atoms with E-state index in [0.717, 1.165) is 17.6 Å². The van der Waals surface area contributed by atoms with Gasteiger partial charge in [-0.25, -0.2) is 13.4 Å². The van der Waals surface area contributed by atoms with Crippen molar-refractivity contribution in [2.24, 2.45) is 0 Å². The van der Waals surface area contributed by atoms with E-state index < -0.39 is 27.6 Å². The first kappa shape index (κ1) is 13.1. The number of nitrogens with one attached hydrogen (secondary N) is 1. The van der Waals surface area contributed by atoms with Gasteiger partial charge in [-0.3, -0.25) is 4.79 Å². The zero-order valence-electron chi connectivity index (χ0n) is 8.80. The van der Waals surface area contributed by atoms with Crippen LogP contribution in [0.1, 0.15) is 18.7 Å². The van der Waals surface area contributed by atoms with Crippen molar-refractivity contribution in [2.75, 3.05) is 17.3 Å². The van der Waals surface area contributed by atoms with E-state index in [1.165, 1.54) is 0 Å². The predicted molar refractivity (Wildman–Crippen MR) is 61.1 cm³/mol. The van der Waals surface area contributed by atoms with Crippen LogP contribution in [0.15, 0.2) is 5.38 Å². The number of carbonyl (C=O) groups excluding carboxylic acids is 1. The van der Waals surface area contributed by atoms with Crippen molar-refractivity contribution in [1.29, 1.82) is 0 Å². The van der Waals surface area contributed by atoms with Gasteiger partial charge in [0.1, 0.15) is 5.75 Å². The van der Waals surface area contributed by atoms with Crippen LogP contribution < -0.4 is 5.32 Å². The summed E-state index contributed by atoms with van der Waals surface area (Å²) in [7, 11) is -3.34. The number of sulfone groups is 1. The van der Waals surface area contributed by atoms with Gasteiger partial charge in [-0.05, 0) is 6.92 Å². The van der Waals surface area contributed by atoms with E-state index in [4.69, 9.17) is 0 Å². The number of thiazole rings is 1. The molecule has 1 rings (SSSR count). The van der Waals surface area contributed by atoms with Gasteiger partial charge in [0.15, 0.2) is 15.0 Å². The van der Waals surface area contributed by atoms with Crippen molar-refractivity contribution < 1.29 is 18.3 Å². The van der Waals surface area contributed by atoms with Gasteiger partial charge < -0.3 is 10.4 Å². The highest BCUT2D eigenvalue weighted by atomic mass is 32.2. The van der Waals surface area contributed by atoms with Crippen LogP contribution in [-0.4, -0.2) is 36.4 Å². The molecule has 1 heterocycles. The van der Waals surface area contributed by atoms with E-state index in [-0.39, 0.29) is 5.13 Å². The van der Waals surface area contributed by atoms with Crippen LogP contribution in [-0.2, 0) is 14.6 Å². The minimum absolute atomic E-state index is 0.282. The first-order valence-electron chi connectivity index (χ1n) is 4.39. The molecule has 0 aromatic carbocycles. The normalized spacial score (nSPS) is 13.4. The Hall–Kier alpha value is -0.990. The maximum absolute atomic E-state index is 11.2. The number of aromatic nitrogens is 1. The highest BCUT2D eigenvalue weighted by molar-refractivity contribution is 7.91. The Kier molecular flexibility index (Phi) is 4.00. The Balaban J connectivity index is 2.63. The smallest absolute Gasteiger partial charge is 0.241 e. The van der Waals surface area contributed by atoms with Gasteiger partial charge in [0.2, 0.25) is 5.91 Å². The average Bonchev–Trinajstić information content (AvgIpc) is 2.48. The third kappa shape index (κ3) is 4.25. The van der Waals surface area contributed by atoms with Gasteiger partial charge in [-0.15, -0.1) is 11.3 Å². The summed E-state index contributed by atoms with van der Waals surface area (Å²) in [6, 6.07) is 0. The zero-order valence-corrected chi connectivity index (χ0v) is 10.4. The minimum atomic E-state index is -3.34. The lowest BCUT2D eigenvalue weighted by Crippen LogP contribution is -2.21. The number of nitrogens with zero attached hydrogens (tertiary/aromatic N) is 1. The fourth-order valence-corrected chi connectivity index (χ4v) is 2.29. The molecule has 1 amide bonds. The number of aliphatic hydroxyl groups is 1.